The molecule has 0 bridgehead atoms. The molecule has 0 aliphatic carbocycles. The van der Waals surface area contributed by atoms with Crippen LogP contribution in [0.25, 0.3) is 0 Å². The van der Waals surface area contributed by atoms with Gasteiger partial charge in [-0.2, -0.15) is 11.8 Å². The summed E-state index contributed by atoms with van der Waals surface area (Å²) in [6.07, 6.45) is 0. The second kappa shape index (κ2) is 6.03. The highest BCUT2D eigenvalue weighted by Gasteiger charge is 2.22. The monoisotopic (exact) mass is 295 g/mol. The molecule has 1 aromatic heterocycles. The minimum Gasteiger partial charge on any atom is -0.375 e. The van der Waals surface area contributed by atoms with E-state index in [1.54, 1.807) is 18.7 Å². The van der Waals surface area contributed by atoms with Crippen LogP contribution in [0.3, 0.4) is 0 Å². The number of aromatic nitrogens is 1. The van der Waals surface area contributed by atoms with E-state index < -0.39 is 10.0 Å². The summed E-state index contributed by atoms with van der Waals surface area (Å²) < 4.78 is 26.9. The van der Waals surface area contributed by atoms with Gasteiger partial charge in [0.1, 0.15) is 0 Å². The Labute approximate surface area is 110 Å². The summed E-state index contributed by atoms with van der Waals surface area (Å²) in [7, 11) is -3.49. The molecule has 98 valence electrons. The van der Waals surface area contributed by atoms with Crippen molar-refractivity contribution in [3.05, 3.63) is 5.69 Å². The number of thioether (sulfide) groups is 1. The van der Waals surface area contributed by atoms with Crippen molar-refractivity contribution in [1.82, 2.24) is 9.71 Å². The number of hydrogen-bond donors (Lipinski definition) is 2. The fourth-order valence-corrected chi connectivity index (χ4v) is 4.64. The minimum atomic E-state index is -3.49. The molecule has 8 heteroatoms. The van der Waals surface area contributed by atoms with Crippen molar-refractivity contribution in [2.24, 2.45) is 0 Å². The first kappa shape index (κ1) is 14.7. The van der Waals surface area contributed by atoms with Crippen LogP contribution in [0.1, 0.15) is 19.5 Å². The van der Waals surface area contributed by atoms with E-state index in [0.717, 1.165) is 22.8 Å². The van der Waals surface area contributed by atoms with Crippen molar-refractivity contribution < 1.29 is 8.42 Å². The van der Waals surface area contributed by atoms with Gasteiger partial charge in [-0.1, -0.05) is 18.3 Å². The van der Waals surface area contributed by atoms with Gasteiger partial charge in [0.25, 0.3) is 10.0 Å². The molecule has 0 radical (unpaired) electrons. The summed E-state index contributed by atoms with van der Waals surface area (Å²) in [5.74, 6) is 1.72. The van der Waals surface area contributed by atoms with Gasteiger partial charge in [0, 0.05) is 11.8 Å². The van der Waals surface area contributed by atoms with E-state index in [1.165, 1.54) is 0 Å². The van der Waals surface area contributed by atoms with Crippen molar-refractivity contribution in [2.45, 2.75) is 31.0 Å². The molecule has 1 aromatic rings. The van der Waals surface area contributed by atoms with Crippen LogP contribution in [-0.4, -0.2) is 30.9 Å². The summed E-state index contributed by atoms with van der Waals surface area (Å²) >= 11 is 2.69. The van der Waals surface area contributed by atoms with Crippen LogP contribution in [0, 0.1) is 6.92 Å². The average Bonchev–Trinajstić information content (AvgIpc) is 2.55. The first-order valence-corrected chi connectivity index (χ1v) is 8.65. The summed E-state index contributed by atoms with van der Waals surface area (Å²) in [5, 5.41) is 0.276. The van der Waals surface area contributed by atoms with Crippen LogP contribution >= 0.6 is 23.1 Å². The normalized spacial score (nSPS) is 13.8. The number of nitrogen functional groups attached to an aromatic ring is 1. The lowest BCUT2D eigenvalue weighted by Crippen LogP contribution is -2.34. The van der Waals surface area contributed by atoms with E-state index in [-0.39, 0.29) is 15.4 Å². The number of aryl methyl sites for hydroxylation is 1. The van der Waals surface area contributed by atoms with Crippen molar-refractivity contribution in [3.8, 4) is 0 Å². The number of thiazole rings is 1. The Morgan fingerprint density at radius 1 is 1.59 bits per heavy atom. The van der Waals surface area contributed by atoms with Gasteiger partial charge in [0.15, 0.2) is 9.34 Å². The van der Waals surface area contributed by atoms with Gasteiger partial charge in [0.05, 0.1) is 5.69 Å². The first-order chi connectivity index (χ1) is 7.86. The number of anilines is 1. The first-order valence-electron chi connectivity index (χ1n) is 5.19. The van der Waals surface area contributed by atoms with Gasteiger partial charge in [-0.05, 0) is 19.6 Å². The number of sulfonamides is 1. The molecule has 0 aliphatic heterocycles. The molecule has 3 N–H and O–H groups in total. The summed E-state index contributed by atoms with van der Waals surface area (Å²) in [5.41, 5.74) is 5.95. The van der Waals surface area contributed by atoms with Gasteiger partial charge in [-0.25, -0.2) is 18.1 Å². The molecule has 0 saturated carbocycles. The van der Waals surface area contributed by atoms with Gasteiger partial charge in [-0.15, -0.1) is 0 Å². The topological polar surface area (TPSA) is 85.1 Å². The van der Waals surface area contributed by atoms with Gasteiger partial charge in [0.2, 0.25) is 0 Å². The Balaban J connectivity index is 2.79. The number of nitrogens with two attached hydrogens (primary N) is 1. The standard InChI is InChI=1S/C9H17N3O2S3/c1-4-15-5-6(2)12-17(13,14)8-7(3)11-9(10)16-8/h6,12H,4-5H2,1-3H3,(H2,10,11). The summed E-state index contributed by atoms with van der Waals surface area (Å²) in [6.45, 7) is 5.53. The van der Waals surface area contributed by atoms with Crippen LogP contribution in [0.15, 0.2) is 4.21 Å². The van der Waals surface area contributed by atoms with E-state index >= 15 is 0 Å². The Morgan fingerprint density at radius 3 is 2.71 bits per heavy atom. The fourth-order valence-electron chi connectivity index (χ4n) is 1.30. The third-order valence-corrected chi connectivity index (χ3v) is 6.27. The van der Waals surface area contributed by atoms with Crippen LogP contribution in [0.4, 0.5) is 5.13 Å². The zero-order valence-electron chi connectivity index (χ0n) is 10.1. The zero-order valence-corrected chi connectivity index (χ0v) is 12.5. The van der Waals surface area contributed by atoms with Crippen LogP contribution in [0.5, 0.6) is 0 Å². The number of nitrogens with zero attached hydrogens (tertiary/aromatic N) is 1. The number of nitrogens with one attached hydrogen (secondary N) is 1. The molecular weight excluding hydrogens is 278 g/mol. The van der Waals surface area contributed by atoms with E-state index in [1.807, 2.05) is 13.8 Å². The maximum Gasteiger partial charge on any atom is 0.252 e. The van der Waals surface area contributed by atoms with Crippen LogP contribution in [0.2, 0.25) is 0 Å². The quantitative estimate of drug-likeness (QED) is 0.830. The molecule has 0 spiro atoms. The lowest BCUT2D eigenvalue weighted by molar-refractivity contribution is 0.572. The molecule has 0 fully saturated rings. The van der Waals surface area contributed by atoms with Gasteiger partial charge in [-0.3, -0.25) is 0 Å². The molecule has 1 heterocycles. The minimum absolute atomic E-state index is 0.104. The molecule has 1 atom stereocenters. The largest absolute Gasteiger partial charge is 0.375 e. The molecule has 1 unspecified atom stereocenters. The second-order valence-corrected chi connectivity index (χ2v) is 7.87. The maximum atomic E-state index is 12.0. The number of rotatable bonds is 6. The van der Waals surface area contributed by atoms with E-state index in [0.29, 0.717) is 5.69 Å². The van der Waals surface area contributed by atoms with Gasteiger partial charge >= 0.3 is 0 Å². The SMILES string of the molecule is CCSCC(C)NS(=O)(=O)c1sc(N)nc1C. The van der Waals surface area contributed by atoms with Crippen molar-refractivity contribution in [3.63, 3.8) is 0 Å². The summed E-state index contributed by atoms with van der Waals surface area (Å²) in [4.78, 5) is 3.92. The molecule has 0 aromatic carbocycles. The molecule has 0 aliphatic rings. The number of hydrogen-bond acceptors (Lipinski definition) is 6. The lowest BCUT2D eigenvalue weighted by atomic mass is 10.4. The van der Waals surface area contributed by atoms with Crippen molar-refractivity contribution in [1.29, 1.82) is 0 Å². The van der Waals surface area contributed by atoms with Crippen LogP contribution in [-0.2, 0) is 10.0 Å². The molecule has 0 saturated heterocycles. The molecule has 0 amide bonds. The highest BCUT2D eigenvalue weighted by Crippen LogP contribution is 2.24. The molecule has 1 rings (SSSR count). The molecule has 17 heavy (non-hydrogen) atoms. The van der Waals surface area contributed by atoms with Crippen molar-refractivity contribution >= 4 is 38.3 Å². The smallest absolute Gasteiger partial charge is 0.252 e. The highest BCUT2D eigenvalue weighted by molar-refractivity contribution is 7.99. The third-order valence-electron chi connectivity index (χ3n) is 1.94. The zero-order chi connectivity index (χ0) is 13.1. The van der Waals surface area contributed by atoms with Gasteiger partial charge < -0.3 is 5.73 Å². The maximum absolute atomic E-state index is 12.0. The third kappa shape index (κ3) is 4.13. The van der Waals surface area contributed by atoms with Crippen LogP contribution < -0.4 is 10.5 Å². The Hall–Kier alpha value is -0.310. The fraction of sp³-hybridized carbons (Fsp3) is 0.667. The highest BCUT2D eigenvalue weighted by atomic mass is 32.2. The van der Waals surface area contributed by atoms with Crippen molar-refractivity contribution in [2.75, 3.05) is 17.2 Å². The van der Waals surface area contributed by atoms with E-state index in [2.05, 4.69) is 9.71 Å². The lowest BCUT2D eigenvalue weighted by Gasteiger charge is -2.12. The summed E-state index contributed by atoms with van der Waals surface area (Å²) in [6, 6.07) is -0.104. The predicted octanol–water partition coefficient (Wildman–Crippen LogP) is 1.45. The molecule has 5 nitrogen and oxygen atoms in total. The Kier molecular flexibility index (Phi) is 5.23. The second-order valence-electron chi connectivity index (χ2n) is 3.61. The van der Waals surface area contributed by atoms with E-state index in [4.69, 9.17) is 5.73 Å². The Morgan fingerprint density at radius 2 is 2.24 bits per heavy atom. The predicted molar refractivity (Wildman–Crippen MR) is 74.0 cm³/mol. The molecular formula is C9H17N3O2S3. The average molecular weight is 295 g/mol. The van der Waals surface area contributed by atoms with E-state index in [9.17, 15) is 8.42 Å². The Bertz CT molecular complexity index is 470.